The second-order valence-corrected chi connectivity index (χ2v) is 10.8. The summed E-state index contributed by atoms with van der Waals surface area (Å²) in [5.74, 6) is 0.676. The van der Waals surface area contributed by atoms with Gasteiger partial charge in [0.05, 0.1) is 0 Å². The Morgan fingerprint density at radius 2 is 1.41 bits per heavy atom. The summed E-state index contributed by atoms with van der Waals surface area (Å²) < 4.78 is 0. The lowest BCUT2D eigenvalue weighted by Gasteiger charge is -2.33. The molecule has 170 valence electrons. The average Bonchev–Trinajstić information content (AvgIpc) is 3.67. The van der Waals surface area contributed by atoms with Gasteiger partial charge in [-0.3, -0.25) is 0 Å². The lowest BCUT2D eigenvalue weighted by molar-refractivity contribution is 0.659. The van der Waals surface area contributed by atoms with E-state index < -0.39 is 0 Å². The van der Waals surface area contributed by atoms with Gasteiger partial charge >= 0.3 is 0 Å². The highest BCUT2D eigenvalue weighted by Crippen LogP contribution is 2.54. The van der Waals surface area contributed by atoms with E-state index in [1.807, 2.05) is 0 Å². The van der Waals surface area contributed by atoms with Crippen LogP contribution in [0.5, 0.6) is 0 Å². The van der Waals surface area contributed by atoms with Gasteiger partial charge in [-0.05, 0) is 95.8 Å². The molecule has 1 heteroatoms. The Morgan fingerprint density at radius 3 is 2.15 bits per heavy atom. The Kier molecular flexibility index (Phi) is 4.92. The predicted molar refractivity (Wildman–Crippen MR) is 145 cm³/mol. The van der Waals surface area contributed by atoms with Crippen molar-refractivity contribution in [2.45, 2.75) is 57.9 Å². The Bertz CT molecular complexity index is 1360. The van der Waals surface area contributed by atoms with Gasteiger partial charge in [-0.1, -0.05) is 80.6 Å². The fourth-order valence-corrected chi connectivity index (χ4v) is 5.86. The van der Waals surface area contributed by atoms with E-state index in [9.17, 15) is 0 Å². The number of benzene rings is 4. The molecule has 0 radical (unpaired) electrons. The summed E-state index contributed by atoms with van der Waals surface area (Å²) in [6, 6.07) is 34.2. The van der Waals surface area contributed by atoms with Crippen molar-refractivity contribution >= 4 is 11.4 Å². The first-order valence-corrected chi connectivity index (χ1v) is 12.7. The minimum absolute atomic E-state index is 0.0112. The van der Waals surface area contributed by atoms with Crippen LogP contribution in [-0.2, 0) is 5.41 Å². The van der Waals surface area contributed by atoms with Gasteiger partial charge in [0.15, 0.2) is 0 Å². The molecule has 0 spiro atoms. The van der Waals surface area contributed by atoms with Crippen LogP contribution in [0.3, 0.4) is 0 Å². The normalized spacial score (nSPS) is 15.8. The van der Waals surface area contributed by atoms with Crippen molar-refractivity contribution in [2.24, 2.45) is 0 Å². The van der Waals surface area contributed by atoms with Gasteiger partial charge in [-0.15, -0.1) is 0 Å². The minimum atomic E-state index is 0.0112. The third-order valence-electron chi connectivity index (χ3n) is 7.76. The smallest absolute Gasteiger partial charge is 0.0452 e. The van der Waals surface area contributed by atoms with Gasteiger partial charge in [0.1, 0.15) is 0 Å². The summed E-state index contributed by atoms with van der Waals surface area (Å²) in [7, 11) is 0. The number of nitrogens with zero attached hydrogens (tertiary/aromatic N) is 1. The van der Waals surface area contributed by atoms with Crippen LogP contribution in [0.4, 0.5) is 11.4 Å². The number of anilines is 2. The van der Waals surface area contributed by atoms with Crippen molar-refractivity contribution in [1.29, 1.82) is 0 Å². The van der Waals surface area contributed by atoms with Crippen molar-refractivity contribution in [3.05, 3.63) is 108 Å². The Balaban J connectivity index is 1.53. The SMILES string of the molecule is CC(C)N(c1cccc(-c2ccccc2)c1)c1cc2c(cc1C1CC1)-c1ccccc1C2(C)C. The quantitative estimate of drug-likeness (QED) is 0.297. The lowest BCUT2D eigenvalue weighted by Crippen LogP contribution is -2.27. The average molecular weight is 444 g/mol. The molecule has 4 aromatic rings. The van der Waals surface area contributed by atoms with Crippen LogP contribution in [0.25, 0.3) is 22.3 Å². The molecular formula is C33H33N. The molecule has 0 N–H and O–H groups in total. The van der Waals surface area contributed by atoms with Crippen molar-refractivity contribution in [2.75, 3.05) is 4.90 Å². The fourth-order valence-electron chi connectivity index (χ4n) is 5.86. The van der Waals surface area contributed by atoms with E-state index in [1.165, 1.54) is 63.2 Å². The molecule has 1 saturated carbocycles. The molecule has 0 aliphatic heterocycles. The van der Waals surface area contributed by atoms with Gasteiger partial charge in [0.25, 0.3) is 0 Å². The highest BCUT2D eigenvalue weighted by Gasteiger charge is 2.38. The molecule has 1 fully saturated rings. The van der Waals surface area contributed by atoms with Crippen LogP contribution in [0.15, 0.2) is 91.0 Å². The zero-order valence-corrected chi connectivity index (χ0v) is 20.7. The van der Waals surface area contributed by atoms with E-state index >= 15 is 0 Å². The van der Waals surface area contributed by atoms with E-state index in [0.717, 1.165) is 0 Å². The summed E-state index contributed by atoms with van der Waals surface area (Å²) in [5.41, 5.74) is 12.5. The number of fused-ring (bicyclic) bond motifs is 3. The van der Waals surface area contributed by atoms with Crippen molar-refractivity contribution in [3.63, 3.8) is 0 Å². The summed E-state index contributed by atoms with van der Waals surface area (Å²) in [5, 5.41) is 0. The van der Waals surface area contributed by atoms with E-state index in [-0.39, 0.29) is 5.41 Å². The molecule has 4 aromatic carbocycles. The standard InChI is InChI=1S/C33H33N/c1-22(2)34(26-14-10-13-25(19-26)23-11-6-5-7-12-23)32-21-31-29(20-28(32)24-17-18-24)27-15-8-9-16-30(27)33(31,3)4/h5-16,19-22,24H,17-18H2,1-4H3. The van der Waals surface area contributed by atoms with Crippen LogP contribution >= 0.6 is 0 Å². The van der Waals surface area contributed by atoms with E-state index in [4.69, 9.17) is 0 Å². The maximum Gasteiger partial charge on any atom is 0.0452 e. The maximum atomic E-state index is 2.57. The molecule has 0 atom stereocenters. The van der Waals surface area contributed by atoms with E-state index in [2.05, 4.69) is 124 Å². The second kappa shape index (κ2) is 7.87. The molecule has 0 amide bonds. The molecule has 2 aliphatic rings. The van der Waals surface area contributed by atoms with Crippen LogP contribution in [0, 0.1) is 0 Å². The van der Waals surface area contributed by atoms with Crippen molar-refractivity contribution < 1.29 is 0 Å². The Labute approximate surface area is 204 Å². The van der Waals surface area contributed by atoms with E-state index in [0.29, 0.717) is 12.0 Å². The minimum Gasteiger partial charge on any atom is -0.339 e. The number of rotatable bonds is 5. The van der Waals surface area contributed by atoms with Gasteiger partial charge < -0.3 is 4.90 Å². The lowest BCUT2D eigenvalue weighted by atomic mass is 9.81. The third-order valence-corrected chi connectivity index (χ3v) is 7.76. The van der Waals surface area contributed by atoms with Crippen LogP contribution in [-0.4, -0.2) is 6.04 Å². The largest absolute Gasteiger partial charge is 0.339 e. The maximum absolute atomic E-state index is 2.57. The fraction of sp³-hybridized carbons (Fsp3) is 0.273. The van der Waals surface area contributed by atoms with Crippen molar-refractivity contribution in [3.8, 4) is 22.3 Å². The molecule has 0 saturated heterocycles. The van der Waals surface area contributed by atoms with Gasteiger partial charge in [0, 0.05) is 22.8 Å². The molecule has 0 aromatic heterocycles. The molecule has 1 nitrogen and oxygen atoms in total. The van der Waals surface area contributed by atoms with Crippen molar-refractivity contribution in [1.82, 2.24) is 0 Å². The van der Waals surface area contributed by atoms with Crippen LogP contribution in [0.1, 0.15) is 63.1 Å². The molecule has 0 unspecified atom stereocenters. The summed E-state index contributed by atoms with van der Waals surface area (Å²) in [4.78, 5) is 2.57. The van der Waals surface area contributed by atoms with Gasteiger partial charge in [-0.25, -0.2) is 0 Å². The highest BCUT2D eigenvalue weighted by atomic mass is 15.2. The first kappa shape index (κ1) is 21.2. The summed E-state index contributed by atoms with van der Waals surface area (Å²) in [6.07, 6.45) is 2.60. The molecule has 2 aliphatic carbocycles. The zero-order valence-electron chi connectivity index (χ0n) is 20.7. The van der Waals surface area contributed by atoms with Gasteiger partial charge in [0.2, 0.25) is 0 Å². The third kappa shape index (κ3) is 3.38. The molecule has 0 heterocycles. The number of hydrogen-bond donors (Lipinski definition) is 0. The topological polar surface area (TPSA) is 3.24 Å². The van der Waals surface area contributed by atoms with Gasteiger partial charge in [-0.2, -0.15) is 0 Å². The summed E-state index contributed by atoms with van der Waals surface area (Å²) >= 11 is 0. The second-order valence-electron chi connectivity index (χ2n) is 10.8. The Hall–Kier alpha value is -3.32. The Morgan fingerprint density at radius 1 is 0.706 bits per heavy atom. The first-order valence-electron chi connectivity index (χ1n) is 12.7. The van der Waals surface area contributed by atoms with Crippen LogP contribution in [0.2, 0.25) is 0 Å². The molecule has 34 heavy (non-hydrogen) atoms. The molecule has 6 rings (SSSR count). The first-order chi connectivity index (χ1) is 16.4. The molecular weight excluding hydrogens is 410 g/mol. The summed E-state index contributed by atoms with van der Waals surface area (Å²) in [6.45, 7) is 9.40. The highest BCUT2D eigenvalue weighted by molar-refractivity contribution is 5.85. The zero-order chi connectivity index (χ0) is 23.4. The predicted octanol–water partition coefficient (Wildman–Crippen LogP) is 9.08. The van der Waals surface area contributed by atoms with Crippen LogP contribution < -0.4 is 4.90 Å². The number of hydrogen-bond acceptors (Lipinski definition) is 1. The molecule has 0 bridgehead atoms. The van der Waals surface area contributed by atoms with E-state index in [1.54, 1.807) is 0 Å². The monoisotopic (exact) mass is 443 g/mol.